The van der Waals surface area contributed by atoms with Gasteiger partial charge in [0.1, 0.15) is 6.10 Å². The maximum Gasteiger partial charge on any atom is 1.00 e. The van der Waals surface area contributed by atoms with E-state index in [0.717, 1.165) is 43.1 Å². The van der Waals surface area contributed by atoms with Crippen LogP contribution in [0.1, 0.15) is 63.4 Å². The predicted octanol–water partition coefficient (Wildman–Crippen LogP) is 3.48. The Balaban J connectivity index is 0.00000225. The molecule has 0 N–H and O–H groups in total. The zero-order valence-corrected chi connectivity index (χ0v) is 21.6. The molecule has 2 aliphatic carbocycles. The molecular weight excluding hydrogens is 439 g/mol. The largest absolute Gasteiger partial charge is 1.00 e. The van der Waals surface area contributed by atoms with Gasteiger partial charge in [-0.05, 0) is 67.9 Å². The Morgan fingerprint density at radius 3 is 2.21 bits per heavy atom. The van der Waals surface area contributed by atoms with Gasteiger partial charge < -0.3 is 15.9 Å². The monoisotopic (exact) mass is 466 g/mol. The van der Waals surface area contributed by atoms with Crippen molar-refractivity contribution in [3.05, 3.63) is 30.2 Å². The van der Waals surface area contributed by atoms with E-state index in [1.54, 1.807) is 6.07 Å². The summed E-state index contributed by atoms with van der Waals surface area (Å²) in [6.45, 7) is 0. The molecule has 28 heavy (non-hydrogen) atoms. The number of hydrogen-bond acceptors (Lipinski definition) is 2. The molecule has 0 radical (unpaired) electrons. The number of ether oxygens (including phenoxy) is 2. The summed E-state index contributed by atoms with van der Waals surface area (Å²) in [5.41, 5.74) is 0.820. The van der Waals surface area contributed by atoms with Crippen LogP contribution in [0, 0.1) is 24.2 Å². The second kappa shape index (κ2) is 10.1. The molecule has 1 unspecified atom stereocenters. The van der Waals surface area contributed by atoms with Crippen molar-refractivity contribution in [3.8, 4) is 11.5 Å². The van der Waals surface area contributed by atoms with Crippen molar-refractivity contribution in [2.24, 2.45) is 17.8 Å². The standard InChI is InChI=1S/C22H28F3O2.Rb/c23-22(24,25)27-20-8-4-7-18-13-14-19(26-21(18)20)17-11-9-16(10-12-17)15-5-2-1-3-6-15;/h1,4,7-8,15-17,19H,2-3,5-6,9-14H2;/q-1;+1. The van der Waals surface area contributed by atoms with Gasteiger partial charge in [-0.3, -0.25) is 0 Å². The number of para-hydroxylation sites is 1. The molecule has 0 spiro atoms. The van der Waals surface area contributed by atoms with Gasteiger partial charge in [0, 0.05) is 0 Å². The molecule has 1 atom stereocenters. The third-order valence-electron chi connectivity index (χ3n) is 6.75. The smallest absolute Gasteiger partial charge is 0.486 e. The maximum absolute atomic E-state index is 12.7. The average molecular weight is 467 g/mol. The molecule has 4 rings (SSSR count). The predicted molar refractivity (Wildman–Crippen MR) is 97.6 cm³/mol. The number of aryl methyl sites for hydroxylation is 1. The number of alkyl halides is 3. The first-order valence-corrected chi connectivity index (χ1v) is 10.4. The topological polar surface area (TPSA) is 18.5 Å². The Labute approximate surface area is 214 Å². The van der Waals surface area contributed by atoms with Gasteiger partial charge in [-0.25, -0.2) is 0 Å². The Kier molecular flexibility index (Phi) is 8.37. The van der Waals surface area contributed by atoms with Gasteiger partial charge in [-0.15, -0.1) is 13.2 Å². The summed E-state index contributed by atoms with van der Waals surface area (Å²) in [7, 11) is 0. The summed E-state index contributed by atoms with van der Waals surface area (Å²) in [5, 5.41) is 0. The van der Waals surface area contributed by atoms with E-state index in [9.17, 15) is 13.2 Å². The quantitative estimate of drug-likeness (QED) is 0.635. The fraction of sp³-hybridized carbons (Fsp3) is 0.682. The minimum absolute atomic E-state index is 0. The Hall–Kier alpha value is 0.415. The van der Waals surface area contributed by atoms with Crippen LogP contribution in [0.4, 0.5) is 13.2 Å². The summed E-state index contributed by atoms with van der Waals surface area (Å²) in [5.74, 6) is 2.25. The van der Waals surface area contributed by atoms with Crippen LogP contribution in [-0.4, -0.2) is 12.5 Å². The van der Waals surface area contributed by atoms with Gasteiger partial charge in [0.05, 0.1) is 0 Å². The van der Waals surface area contributed by atoms with Crippen molar-refractivity contribution < 1.29 is 80.8 Å². The zero-order chi connectivity index (χ0) is 18.9. The van der Waals surface area contributed by atoms with Crippen molar-refractivity contribution in [2.45, 2.75) is 76.7 Å². The number of benzene rings is 1. The van der Waals surface area contributed by atoms with Gasteiger partial charge in [0.2, 0.25) is 0 Å². The SMILES string of the molecule is FC(F)(F)Oc1cccc2c1OC(C1CCC(C3CC[CH-]CC3)CC1)CC2.[Rb+]. The molecule has 1 aliphatic heterocycles. The molecule has 1 heterocycles. The molecule has 0 aromatic heterocycles. The third kappa shape index (κ3) is 5.76. The van der Waals surface area contributed by atoms with E-state index in [-0.39, 0.29) is 70.0 Å². The van der Waals surface area contributed by atoms with Crippen molar-refractivity contribution in [1.29, 1.82) is 0 Å². The minimum Gasteiger partial charge on any atom is -0.486 e. The number of fused-ring (bicyclic) bond motifs is 1. The summed E-state index contributed by atoms with van der Waals surface area (Å²) in [6.07, 6.45) is 9.30. The summed E-state index contributed by atoms with van der Waals surface area (Å²) < 4.78 is 48.4. The van der Waals surface area contributed by atoms with E-state index in [1.807, 2.05) is 6.07 Å². The Morgan fingerprint density at radius 1 is 0.893 bits per heavy atom. The molecule has 150 valence electrons. The first-order chi connectivity index (χ1) is 13.0. The number of halogens is 3. The zero-order valence-electron chi connectivity index (χ0n) is 16.6. The van der Waals surface area contributed by atoms with E-state index in [0.29, 0.717) is 11.7 Å². The Morgan fingerprint density at radius 2 is 1.54 bits per heavy atom. The van der Waals surface area contributed by atoms with Crippen molar-refractivity contribution >= 4 is 0 Å². The van der Waals surface area contributed by atoms with Crippen LogP contribution >= 0.6 is 0 Å². The number of rotatable bonds is 3. The molecule has 2 fully saturated rings. The summed E-state index contributed by atoms with van der Waals surface area (Å²) in [4.78, 5) is 0. The molecule has 2 nitrogen and oxygen atoms in total. The van der Waals surface area contributed by atoms with Crippen LogP contribution in [0.2, 0.25) is 0 Å². The first-order valence-electron chi connectivity index (χ1n) is 10.4. The molecule has 0 bridgehead atoms. The second-order valence-electron chi connectivity index (χ2n) is 8.37. The normalized spacial score (nSPS) is 28.6. The van der Waals surface area contributed by atoms with Crippen LogP contribution < -0.4 is 67.7 Å². The molecule has 0 amide bonds. The van der Waals surface area contributed by atoms with Crippen molar-refractivity contribution in [2.75, 3.05) is 0 Å². The van der Waals surface area contributed by atoms with Gasteiger partial charge in [0.15, 0.2) is 11.5 Å². The molecule has 1 aromatic carbocycles. The van der Waals surface area contributed by atoms with Crippen LogP contribution in [0.3, 0.4) is 0 Å². The molecule has 1 aromatic rings. The van der Waals surface area contributed by atoms with Crippen LogP contribution in [0.5, 0.6) is 11.5 Å². The maximum atomic E-state index is 12.7. The second-order valence-corrected chi connectivity index (χ2v) is 8.37. The van der Waals surface area contributed by atoms with Crippen LogP contribution in [-0.2, 0) is 6.42 Å². The van der Waals surface area contributed by atoms with E-state index >= 15 is 0 Å². The first kappa shape index (κ1) is 23.1. The van der Waals surface area contributed by atoms with E-state index in [1.165, 1.54) is 44.6 Å². The van der Waals surface area contributed by atoms with Crippen molar-refractivity contribution in [1.82, 2.24) is 0 Å². The van der Waals surface area contributed by atoms with Crippen LogP contribution in [0.15, 0.2) is 18.2 Å². The van der Waals surface area contributed by atoms with Gasteiger partial charge >= 0.3 is 64.5 Å². The number of hydrogen-bond donors (Lipinski definition) is 0. The summed E-state index contributed by atoms with van der Waals surface area (Å²) in [6, 6.07) is 4.80. The van der Waals surface area contributed by atoms with Gasteiger partial charge in [-0.2, -0.15) is 12.8 Å². The Bertz CT molecular complexity index is 635. The summed E-state index contributed by atoms with van der Waals surface area (Å²) >= 11 is 0. The van der Waals surface area contributed by atoms with E-state index in [2.05, 4.69) is 11.2 Å². The van der Waals surface area contributed by atoms with E-state index < -0.39 is 6.36 Å². The fourth-order valence-corrected chi connectivity index (χ4v) is 5.35. The molecule has 3 aliphatic rings. The molecular formula is C22H28F3O2Rb. The van der Waals surface area contributed by atoms with Crippen molar-refractivity contribution in [3.63, 3.8) is 0 Å². The fourth-order valence-electron chi connectivity index (χ4n) is 5.35. The van der Waals surface area contributed by atoms with Gasteiger partial charge in [0.25, 0.3) is 0 Å². The van der Waals surface area contributed by atoms with E-state index in [4.69, 9.17) is 4.74 Å². The van der Waals surface area contributed by atoms with Crippen LogP contribution in [0.25, 0.3) is 0 Å². The average Bonchev–Trinajstić information content (AvgIpc) is 2.68. The third-order valence-corrected chi connectivity index (χ3v) is 6.75. The molecule has 0 saturated heterocycles. The van der Waals surface area contributed by atoms with Gasteiger partial charge in [-0.1, -0.05) is 25.0 Å². The minimum atomic E-state index is -4.69. The molecule has 6 heteroatoms. The molecule has 2 saturated carbocycles.